The zero-order chi connectivity index (χ0) is 22.0. The number of anilines is 1. The Hall–Kier alpha value is -3.56. The van der Waals surface area contributed by atoms with Crippen molar-refractivity contribution in [2.45, 2.75) is 31.5 Å². The predicted octanol–water partition coefficient (Wildman–Crippen LogP) is 3.75. The molecule has 4 rings (SSSR count). The molecule has 0 bridgehead atoms. The first kappa shape index (κ1) is 20.7. The van der Waals surface area contributed by atoms with E-state index in [2.05, 4.69) is 15.7 Å². The molecular weight excluding hydrogens is 411 g/mol. The van der Waals surface area contributed by atoms with Gasteiger partial charge in [0.15, 0.2) is 0 Å². The molecular formula is C21H20F3N5O2. The van der Waals surface area contributed by atoms with Gasteiger partial charge in [0.2, 0.25) is 0 Å². The molecule has 1 saturated carbocycles. The molecule has 2 amide bonds. The van der Waals surface area contributed by atoms with Crippen LogP contribution >= 0.6 is 0 Å². The Morgan fingerprint density at radius 2 is 1.84 bits per heavy atom. The summed E-state index contributed by atoms with van der Waals surface area (Å²) in [6.07, 6.45) is -2.55. The van der Waals surface area contributed by atoms with Crippen LogP contribution in [0, 0.1) is 0 Å². The van der Waals surface area contributed by atoms with E-state index in [1.165, 1.54) is 16.8 Å². The number of amides is 2. The predicted molar refractivity (Wildman–Crippen MR) is 108 cm³/mol. The van der Waals surface area contributed by atoms with Crippen molar-refractivity contribution in [2.24, 2.45) is 0 Å². The van der Waals surface area contributed by atoms with Gasteiger partial charge in [0.05, 0.1) is 17.8 Å². The van der Waals surface area contributed by atoms with Gasteiger partial charge in [0.1, 0.15) is 5.82 Å². The molecule has 2 N–H and O–H groups in total. The number of benzene rings is 2. The number of aromatic nitrogens is 3. The molecule has 3 aromatic rings. The van der Waals surface area contributed by atoms with Gasteiger partial charge >= 0.3 is 17.9 Å². The molecule has 7 nitrogen and oxygen atoms in total. The molecule has 162 valence electrons. The van der Waals surface area contributed by atoms with Crippen molar-refractivity contribution in [3.63, 3.8) is 0 Å². The number of urea groups is 1. The molecule has 1 aliphatic carbocycles. The van der Waals surface area contributed by atoms with E-state index in [0.717, 1.165) is 30.7 Å². The molecule has 31 heavy (non-hydrogen) atoms. The molecule has 1 aliphatic rings. The molecule has 10 heteroatoms. The summed E-state index contributed by atoms with van der Waals surface area (Å²) in [4.78, 5) is 24.9. The van der Waals surface area contributed by atoms with Crippen molar-refractivity contribution in [1.29, 1.82) is 0 Å². The third-order valence-electron chi connectivity index (χ3n) is 4.88. The Balaban J connectivity index is 1.40. The molecule has 0 aliphatic heterocycles. The number of nitrogens with zero attached hydrogens (tertiary/aromatic N) is 3. The van der Waals surface area contributed by atoms with E-state index < -0.39 is 17.8 Å². The Bertz CT molecular complexity index is 1130. The Morgan fingerprint density at radius 3 is 2.52 bits per heavy atom. The van der Waals surface area contributed by atoms with Gasteiger partial charge in [0, 0.05) is 18.2 Å². The average Bonchev–Trinajstić information content (AvgIpc) is 3.53. The second kappa shape index (κ2) is 8.29. The second-order valence-electron chi connectivity index (χ2n) is 7.27. The first-order valence-electron chi connectivity index (χ1n) is 9.80. The lowest BCUT2D eigenvalue weighted by molar-refractivity contribution is -0.137. The van der Waals surface area contributed by atoms with Crippen molar-refractivity contribution in [3.8, 4) is 5.69 Å². The summed E-state index contributed by atoms with van der Waals surface area (Å²) in [5.74, 6) is 0.941. The van der Waals surface area contributed by atoms with E-state index in [1.807, 2.05) is 30.3 Å². The molecule has 1 heterocycles. The monoisotopic (exact) mass is 431 g/mol. The fourth-order valence-electron chi connectivity index (χ4n) is 3.22. The van der Waals surface area contributed by atoms with Crippen molar-refractivity contribution in [3.05, 3.63) is 76.5 Å². The molecule has 0 atom stereocenters. The highest BCUT2D eigenvalue weighted by Crippen LogP contribution is 2.39. The van der Waals surface area contributed by atoms with Crippen molar-refractivity contribution < 1.29 is 18.0 Å². The second-order valence-corrected chi connectivity index (χ2v) is 7.27. The van der Waals surface area contributed by atoms with Crippen LogP contribution in [-0.4, -0.2) is 26.9 Å². The fourth-order valence-corrected chi connectivity index (χ4v) is 3.22. The topological polar surface area (TPSA) is 81.0 Å². The summed E-state index contributed by atoms with van der Waals surface area (Å²) in [6, 6.07) is 12.9. The minimum atomic E-state index is -4.49. The number of para-hydroxylation sites is 1. The van der Waals surface area contributed by atoms with Crippen LogP contribution in [0.2, 0.25) is 0 Å². The normalized spacial score (nSPS) is 13.8. The Labute approximate surface area is 175 Å². The van der Waals surface area contributed by atoms with E-state index in [1.54, 1.807) is 4.57 Å². The zero-order valence-electron chi connectivity index (χ0n) is 16.4. The third kappa shape index (κ3) is 4.79. The number of hydrogen-bond acceptors (Lipinski definition) is 3. The highest BCUT2D eigenvalue weighted by Gasteiger charge is 2.32. The molecule has 0 spiro atoms. The van der Waals surface area contributed by atoms with E-state index in [0.29, 0.717) is 5.82 Å². The highest BCUT2D eigenvalue weighted by molar-refractivity contribution is 5.89. The fraction of sp³-hybridized carbons (Fsp3) is 0.286. The highest BCUT2D eigenvalue weighted by atomic mass is 19.4. The summed E-state index contributed by atoms with van der Waals surface area (Å²) in [5, 5.41) is 9.34. The summed E-state index contributed by atoms with van der Waals surface area (Å²) in [6.45, 7) is 0.217. The molecule has 2 aromatic carbocycles. The van der Waals surface area contributed by atoms with Gasteiger partial charge in [0.25, 0.3) is 0 Å². The van der Waals surface area contributed by atoms with Crippen LogP contribution in [-0.2, 0) is 12.7 Å². The first-order valence-corrected chi connectivity index (χ1v) is 9.80. The van der Waals surface area contributed by atoms with Gasteiger partial charge in [-0.1, -0.05) is 24.3 Å². The molecule has 1 fully saturated rings. The lowest BCUT2D eigenvalue weighted by atomic mass is 10.2. The van der Waals surface area contributed by atoms with Gasteiger partial charge in [-0.15, -0.1) is 0 Å². The molecule has 1 aromatic heterocycles. The number of alkyl halides is 3. The van der Waals surface area contributed by atoms with E-state index in [4.69, 9.17) is 0 Å². The van der Waals surface area contributed by atoms with Crippen LogP contribution in [0.5, 0.6) is 0 Å². The number of carbonyl (C=O) groups is 1. The zero-order valence-corrected chi connectivity index (χ0v) is 16.4. The van der Waals surface area contributed by atoms with Gasteiger partial charge in [-0.3, -0.25) is 0 Å². The van der Waals surface area contributed by atoms with Crippen LogP contribution in [0.25, 0.3) is 5.69 Å². The van der Waals surface area contributed by atoms with E-state index in [9.17, 15) is 22.8 Å². The standard InChI is InChI=1S/C21H20F3N5O2/c22-21(23,24)15-5-4-6-16(13-15)26-19(30)25-11-12-28-20(31)29(17-7-2-1-3-8-17)18(27-28)14-9-10-14/h1-8,13-14H,9-12H2,(H2,25,26,30). The van der Waals surface area contributed by atoms with E-state index >= 15 is 0 Å². The maximum Gasteiger partial charge on any atom is 0.416 e. The maximum absolute atomic E-state index is 12.8. The summed E-state index contributed by atoms with van der Waals surface area (Å²) in [7, 11) is 0. The largest absolute Gasteiger partial charge is 0.416 e. The van der Waals surface area contributed by atoms with Crippen LogP contribution in [0.3, 0.4) is 0 Å². The van der Waals surface area contributed by atoms with Gasteiger partial charge in [-0.2, -0.15) is 18.3 Å². The summed E-state index contributed by atoms with van der Waals surface area (Å²) >= 11 is 0. The maximum atomic E-state index is 12.8. The third-order valence-corrected chi connectivity index (χ3v) is 4.88. The molecule has 0 saturated heterocycles. The van der Waals surface area contributed by atoms with Crippen molar-refractivity contribution in [1.82, 2.24) is 19.7 Å². The van der Waals surface area contributed by atoms with Gasteiger partial charge in [-0.25, -0.2) is 18.8 Å². The number of carbonyl (C=O) groups excluding carboxylic acids is 1. The average molecular weight is 431 g/mol. The lowest BCUT2D eigenvalue weighted by Crippen LogP contribution is -2.34. The van der Waals surface area contributed by atoms with Crippen LogP contribution in [0.15, 0.2) is 59.4 Å². The van der Waals surface area contributed by atoms with Crippen LogP contribution in [0.1, 0.15) is 30.1 Å². The van der Waals surface area contributed by atoms with Crippen molar-refractivity contribution >= 4 is 11.7 Å². The minimum absolute atomic E-state index is 0.0221. The molecule has 0 radical (unpaired) electrons. The van der Waals surface area contributed by atoms with Crippen LogP contribution < -0.4 is 16.3 Å². The lowest BCUT2D eigenvalue weighted by Gasteiger charge is -2.10. The van der Waals surface area contributed by atoms with Gasteiger partial charge in [-0.05, 0) is 43.2 Å². The van der Waals surface area contributed by atoms with E-state index in [-0.39, 0.29) is 30.4 Å². The number of nitrogens with one attached hydrogen (secondary N) is 2. The number of hydrogen-bond donors (Lipinski definition) is 2. The van der Waals surface area contributed by atoms with Crippen molar-refractivity contribution in [2.75, 3.05) is 11.9 Å². The molecule has 0 unspecified atom stereocenters. The summed E-state index contributed by atoms with van der Waals surface area (Å²) in [5.41, 5.74) is -0.395. The number of rotatable bonds is 6. The smallest absolute Gasteiger partial charge is 0.336 e. The Morgan fingerprint density at radius 1 is 1.10 bits per heavy atom. The first-order chi connectivity index (χ1) is 14.8. The van der Waals surface area contributed by atoms with Crippen LogP contribution in [0.4, 0.5) is 23.7 Å². The SMILES string of the molecule is O=C(NCCn1nc(C2CC2)n(-c2ccccc2)c1=O)Nc1cccc(C(F)(F)F)c1. The van der Waals surface area contributed by atoms with Gasteiger partial charge < -0.3 is 10.6 Å². The Kier molecular flexibility index (Phi) is 5.53. The minimum Gasteiger partial charge on any atom is -0.336 e. The summed E-state index contributed by atoms with van der Waals surface area (Å²) < 4.78 is 41.2. The quantitative estimate of drug-likeness (QED) is 0.624. The number of halogens is 3.